The number of rotatable bonds is 3. The first-order valence-electron chi connectivity index (χ1n) is 9.49. The molecule has 0 N–H and O–H groups in total. The van der Waals surface area contributed by atoms with Gasteiger partial charge in [0.1, 0.15) is 0 Å². The summed E-state index contributed by atoms with van der Waals surface area (Å²) in [5.41, 5.74) is 0.562. The van der Waals surface area contributed by atoms with Crippen molar-refractivity contribution in [3.8, 4) is 0 Å². The molecule has 2 heterocycles. The zero-order valence-electron chi connectivity index (χ0n) is 15.6. The molecule has 0 radical (unpaired) electrons. The van der Waals surface area contributed by atoms with Crippen LogP contribution in [0, 0.1) is 5.92 Å². The fourth-order valence-electron chi connectivity index (χ4n) is 3.99. The number of fused-ring (bicyclic) bond motifs is 1. The van der Waals surface area contributed by atoms with Gasteiger partial charge in [-0.15, -0.1) is 0 Å². The van der Waals surface area contributed by atoms with Gasteiger partial charge in [0.05, 0.1) is 17.3 Å². The van der Waals surface area contributed by atoms with E-state index in [0.717, 1.165) is 22.9 Å². The normalized spacial score (nSPS) is 17.3. The molecule has 4 rings (SSSR count). The van der Waals surface area contributed by atoms with Gasteiger partial charge in [-0.3, -0.25) is 9.59 Å². The number of likely N-dealkylation sites (tertiary alicyclic amines) is 1. The Morgan fingerprint density at radius 1 is 1.03 bits per heavy atom. The summed E-state index contributed by atoms with van der Waals surface area (Å²) >= 11 is 0. The lowest BCUT2D eigenvalue weighted by molar-refractivity contribution is -0.137. The van der Waals surface area contributed by atoms with Gasteiger partial charge in [-0.05, 0) is 42.5 Å². The molecule has 29 heavy (non-hydrogen) atoms. The predicted octanol–water partition coefficient (Wildman–Crippen LogP) is 2.50. The summed E-state index contributed by atoms with van der Waals surface area (Å²) in [6.07, 6.45) is -2.98. The first-order valence-corrected chi connectivity index (χ1v) is 9.49. The molecule has 2 aromatic carbocycles. The van der Waals surface area contributed by atoms with Crippen molar-refractivity contribution in [3.63, 3.8) is 0 Å². The SMILES string of the molecule is O=C1N=c2ccccc2=C1C1CCN(C(=O)Cc2ccc(C(F)(F)F)cc2)CC1. The highest BCUT2D eigenvalue weighted by molar-refractivity contribution is 6.16. The van der Waals surface area contributed by atoms with Gasteiger partial charge in [0.15, 0.2) is 0 Å². The number of benzene rings is 2. The van der Waals surface area contributed by atoms with Gasteiger partial charge < -0.3 is 4.90 Å². The zero-order chi connectivity index (χ0) is 20.6. The van der Waals surface area contributed by atoms with Gasteiger partial charge in [-0.1, -0.05) is 30.3 Å². The van der Waals surface area contributed by atoms with E-state index in [1.807, 2.05) is 24.3 Å². The number of amides is 2. The number of halogens is 3. The van der Waals surface area contributed by atoms with Crippen molar-refractivity contribution < 1.29 is 22.8 Å². The Hall–Kier alpha value is -2.96. The van der Waals surface area contributed by atoms with Crippen LogP contribution in [0.3, 0.4) is 0 Å². The molecular formula is C22H19F3N2O2. The van der Waals surface area contributed by atoms with Crippen LogP contribution < -0.4 is 10.6 Å². The van der Waals surface area contributed by atoms with E-state index in [9.17, 15) is 22.8 Å². The lowest BCUT2D eigenvalue weighted by Crippen LogP contribution is -2.40. The fraction of sp³-hybridized carbons (Fsp3) is 0.318. The molecule has 2 aliphatic rings. The third-order valence-corrected chi connectivity index (χ3v) is 5.54. The number of nitrogens with zero attached hydrogens (tertiary/aromatic N) is 2. The second-order valence-electron chi connectivity index (χ2n) is 7.37. The maximum absolute atomic E-state index is 12.7. The van der Waals surface area contributed by atoms with E-state index < -0.39 is 11.7 Å². The van der Waals surface area contributed by atoms with E-state index in [1.54, 1.807) is 4.90 Å². The topological polar surface area (TPSA) is 49.7 Å². The predicted molar refractivity (Wildman–Crippen MR) is 100 cm³/mol. The minimum absolute atomic E-state index is 0.0602. The Labute approximate surface area is 165 Å². The van der Waals surface area contributed by atoms with Crippen molar-refractivity contribution in [2.24, 2.45) is 10.9 Å². The van der Waals surface area contributed by atoms with E-state index in [2.05, 4.69) is 4.99 Å². The van der Waals surface area contributed by atoms with Crippen LogP contribution >= 0.6 is 0 Å². The van der Waals surface area contributed by atoms with E-state index in [4.69, 9.17) is 0 Å². The number of carbonyl (C=O) groups is 2. The highest BCUT2D eigenvalue weighted by atomic mass is 19.4. The van der Waals surface area contributed by atoms with Gasteiger partial charge in [-0.25, -0.2) is 4.99 Å². The van der Waals surface area contributed by atoms with Crippen molar-refractivity contribution in [1.82, 2.24) is 4.90 Å². The molecule has 150 valence electrons. The molecule has 4 nitrogen and oxygen atoms in total. The lowest BCUT2D eigenvalue weighted by Gasteiger charge is -2.32. The van der Waals surface area contributed by atoms with E-state index >= 15 is 0 Å². The van der Waals surface area contributed by atoms with Gasteiger partial charge in [0.2, 0.25) is 5.91 Å². The minimum atomic E-state index is -4.38. The second kappa shape index (κ2) is 7.46. The molecule has 0 aliphatic carbocycles. The monoisotopic (exact) mass is 400 g/mol. The first kappa shape index (κ1) is 19.4. The van der Waals surface area contributed by atoms with Crippen LogP contribution in [-0.2, 0) is 22.2 Å². The van der Waals surface area contributed by atoms with Crippen molar-refractivity contribution in [2.75, 3.05) is 13.1 Å². The van der Waals surface area contributed by atoms with Gasteiger partial charge in [0, 0.05) is 23.9 Å². The zero-order valence-corrected chi connectivity index (χ0v) is 15.6. The maximum Gasteiger partial charge on any atom is 0.416 e. The summed E-state index contributed by atoms with van der Waals surface area (Å²) in [6.45, 7) is 1.03. The summed E-state index contributed by atoms with van der Waals surface area (Å²) in [7, 11) is 0. The van der Waals surface area contributed by atoms with Crippen molar-refractivity contribution in [2.45, 2.75) is 25.4 Å². The Morgan fingerprint density at radius 3 is 2.34 bits per heavy atom. The van der Waals surface area contributed by atoms with E-state index in [-0.39, 0.29) is 24.2 Å². The van der Waals surface area contributed by atoms with Crippen LogP contribution in [0.1, 0.15) is 24.0 Å². The molecule has 0 saturated carbocycles. The minimum Gasteiger partial charge on any atom is -0.342 e. The average molecular weight is 400 g/mol. The Balaban J connectivity index is 1.40. The van der Waals surface area contributed by atoms with Crippen LogP contribution in [0.4, 0.5) is 13.2 Å². The molecule has 2 aromatic rings. The molecule has 0 unspecified atom stereocenters. The van der Waals surface area contributed by atoms with Crippen LogP contribution in [-0.4, -0.2) is 29.8 Å². The quantitative estimate of drug-likeness (QED) is 0.795. The maximum atomic E-state index is 12.7. The van der Waals surface area contributed by atoms with Gasteiger partial charge in [-0.2, -0.15) is 13.2 Å². The molecular weight excluding hydrogens is 381 g/mol. The Bertz CT molecular complexity index is 1070. The third kappa shape index (κ3) is 3.95. The van der Waals surface area contributed by atoms with Crippen molar-refractivity contribution >= 4 is 17.4 Å². The number of alkyl halides is 3. The van der Waals surface area contributed by atoms with Crippen molar-refractivity contribution in [3.05, 3.63) is 70.2 Å². The third-order valence-electron chi connectivity index (χ3n) is 5.54. The highest BCUT2D eigenvalue weighted by Crippen LogP contribution is 2.30. The van der Waals surface area contributed by atoms with Crippen LogP contribution in [0.25, 0.3) is 5.57 Å². The smallest absolute Gasteiger partial charge is 0.342 e. The summed E-state index contributed by atoms with van der Waals surface area (Å²) in [6, 6.07) is 12.1. The van der Waals surface area contributed by atoms with E-state index in [0.29, 0.717) is 36.9 Å². The summed E-state index contributed by atoms with van der Waals surface area (Å²) in [4.78, 5) is 30.7. The molecule has 2 aliphatic heterocycles. The molecule has 1 saturated heterocycles. The lowest BCUT2D eigenvalue weighted by atomic mass is 9.87. The molecule has 2 amide bonds. The number of para-hydroxylation sites is 1. The average Bonchev–Trinajstić information content (AvgIpc) is 3.03. The summed E-state index contributed by atoms with van der Waals surface area (Å²) in [5, 5.41) is 1.58. The molecule has 0 bridgehead atoms. The molecule has 1 fully saturated rings. The number of hydrogen-bond donors (Lipinski definition) is 0. The second-order valence-corrected chi connectivity index (χ2v) is 7.37. The van der Waals surface area contributed by atoms with Crippen LogP contribution in [0.15, 0.2) is 53.5 Å². The molecule has 7 heteroatoms. The fourth-order valence-corrected chi connectivity index (χ4v) is 3.99. The number of carbonyl (C=O) groups excluding carboxylic acids is 2. The first-order chi connectivity index (χ1) is 13.8. The number of hydrogen-bond acceptors (Lipinski definition) is 2. The Kier molecular flexibility index (Phi) is 4.98. The van der Waals surface area contributed by atoms with Crippen LogP contribution in [0.2, 0.25) is 0 Å². The highest BCUT2D eigenvalue weighted by Gasteiger charge is 2.31. The summed E-state index contributed by atoms with van der Waals surface area (Å²) in [5.74, 6) is -0.248. The largest absolute Gasteiger partial charge is 0.416 e. The molecule has 0 atom stereocenters. The van der Waals surface area contributed by atoms with Crippen molar-refractivity contribution in [1.29, 1.82) is 0 Å². The number of piperidine rings is 1. The van der Waals surface area contributed by atoms with Crippen LogP contribution in [0.5, 0.6) is 0 Å². The van der Waals surface area contributed by atoms with Gasteiger partial charge >= 0.3 is 6.18 Å². The Morgan fingerprint density at radius 2 is 1.69 bits per heavy atom. The molecule has 0 aromatic heterocycles. The van der Waals surface area contributed by atoms with Gasteiger partial charge in [0.25, 0.3) is 5.91 Å². The van der Waals surface area contributed by atoms with E-state index in [1.165, 1.54) is 12.1 Å². The standard InChI is InChI=1S/C22H19F3N2O2/c23-22(24,25)16-7-5-14(6-8-16)13-19(28)27-11-9-15(10-12-27)20-17-3-1-2-4-18(17)26-21(20)29/h1-8,15H,9-13H2. The molecule has 0 spiro atoms. The summed E-state index contributed by atoms with van der Waals surface area (Å²) < 4.78 is 38.0.